The maximum absolute atomic E-state index is 12.7. The number of ether oxygens (including phenoxy) is 1. The first-order chi connectivity index (χ1) is 14.5. The highest BCUT2D eigenvalue weighted by Gasteiger charge is 2.23. The number of hydrogen-bond acceptors (Lipinski definition) is 4. The summed E-state index contributed by atoms with van der Waals surface area (Å²) in [5.41, 5.74) is 3.40. The summed E-state index contributed by atoms with van der Waals surface area (Å²) in [7, 11) is 3.28. The average molecular weight is 410 g/mol. The van der Waals surface area contributed by atoms with E-state index < -0.39 is 0 Å². The van der Waals surface area contributed by atoms with Crippen molar-refractivity contribution in [1.82, 2.24) is 14.7 Å². The van der Waals surface area contributed by atoms with Crippen molar-refractivity contribution >= 4 is 11.8 Å². The predicted molar refractivity (Wildman–Crippen MR) is 117 cm³/mol. The average Bonchev–Trinajstić information content (AvgIpc) is 2.74. The Labute approximate surface area is 179 Å². The molecule has 2 aromatic rings. The van der Waals surface area contributed by atoms with E-state index in [4.69, 9.17) is 4.74 Å². The van der Waals surface area contributed by atoms with E-state index in [0.717, 1.165) is 25.2 Å². The van der Waals surface area contributed by atoms with Gasteiger partial charge in [0, 0.05) is 45.3 Å². The lowest BCUT2D eigenvalue weighted by atomic mass is 10.1. The molecule has 3 rings (SSSR count). The van der Waals surface area contributed by atoms with Crippen LogP contribution in [0.1, 0.15) is 16.7 Å². The van der Waals surface area contributed by atoms with E-state index in [2.05, 4.69) is 36.1 Å². The van der Waals surface area contributed by atoms with Crippen LogP contribution in [0, 0.1) is 6.92 Å². The smallest absolute Gasteiger partial charge is 0.242 e. The minimum Gasteiger partial charge on any atom is -0.496 e. The summed E-state index contributed by atoms with van der Waals surface area (Å²) in [6, 6.07) is 16.0. The molecule has 0 aromatic heterocycles. The van der Waals surface area contributed by atoms with Gasteiger partial charge in [-0.05, 0) is 18.6 Å². The van der Waals surface area contributed by atoms with E-state index in [1.165, 1.54) is 16.0 Å². The van der Waals surface area contributed by atoms with Gasteiger partial charge in [0.15, 0.2) is 0 Å². The lowest BCUT2D eigenvalue weighted by molar-refractivity contribution is -0.140. The van der Waals surface area contributed by atoms with Gasteiger partial charge >= 0.3 is 0 Å². The molecule has 6 heteroatoms. The maximum atomic E-state index is 12.7. The number of methoxy groups -OCH3 is 1. The zero-order valence-corrected chi connectivity index (χ0v) is 18.1. The molecule has 6 nitrogen and oxygen atoms in total. The molecule has 1 fully saturated rings. The summed E-state index contributed by atoms with van der Waals surface area (Å²) in [6.45, 7) is 6.19. The zero-order valence-electron chi connectivity index (χ0n) is 18.1. The summed E-state index contributed by atoms with van der Waals surface area (Å²) >= 11 is 0. The highest BCUT2D eigenvalue weighted by Crippen LogP contribution is 2.18. The van der Waals surface area contributed by atoms with Crippen LogP contribution in [0.15, 0.2) is 48.5 Å². The van der Waals surface area contributed by atoms with E-state index >= 15 is 0 Å². The summed E-state index contributed by atoms with van der Waals surface area (Å²) in [6.07, 6.45) is 0.220. The van der Waals surface area contributed by atoms with Crippen LogP contribution in [0.2, 0.25) is 0 Å². The van der Waals surface area contributed by atoms with E-state index in [0.29, 0.717) is 18.8 Å². The number of carbonyl (C=O) groups excluding carboxylic acids is 2. The second-order valence-electron chi connectivity index (χ2n) is 7.88. The molecule has 2 amide bonds. The third-order valence-corrected chi connectivity index (χ3v) is 5.55. The Hall–Kier alpha value is -2.86. The molecule has 0 radical (unpaired) electrons. The van der Waals surface area contributed by atoms with Gasteiger partial charge in [-0.25, -0.2) is 0 Å². The molecule has 0 atom stereocenters. The quantitative estimate of drug-likeness (QED) is 0.705. The zero-order chi connectivity index (χ0) is 21.5. The van der Waals surface area contributed by atoms with Crippen LogP contribution in [0.4, 0.5) is 0 Å². The molecule has 0 saturated carbocycles. The molecular weight excluding hydrogens is 378 g/mol. The summed E-state index contributed by atoms with van der Waals surface area (Å²) < 4.78 is 5.31. The van der Waals surface area contributed by atoms with Crippen molar-refractivity contribution in [2.75, 3.05) is 46.9 Å². The second kappa shape index (κ2) is 10.3. The number of carbonyl (C=O) groups is 2. The molecule has 1 aliphatic rings. The van der Waals surface area contributed by atoms with Crippen molar-refractivity contribution in [3.63, 3.8) is 0 Å². The Morgan fingerprint density at radius 3 is 2.47 bits per heavy atom. The molecule has 1 saturated heterocycles. The molecule has 0 N–H and O–H groups in total. The van der Waals surface area contributed by atoms with E-state index in [-0.39, 0.29) is 24.8 Å². The Balaban J connectivity index is 1.46. The molecule has 30 heavy (non-hydrogen) atoms. The van der Waals surface area contributed by atoms with Gasteiger partial charge in [-0.3, -0.25) is 14.5 Å². The maximum Gasteiger partial charge on any atom is 0.242 e. The van der Waals surface area contributed by atoms with Crippen LogP contribution in [0.5, 0.6) is 5.75 Å². The molecule has 0 unspecified atom stereocenters. The number of nitrogens with zero attached hydrogens (tertiary/aromatic N) is 3. The highest BCUT2D eigenvalue weighted by molar-refractivity contribution is 5.86. The molecule has 0 spiro atoms. The summed E-state index contributed by atoms with van der Waals surface area (Å²) in [4.78, 5) is 31.0. The number of aryl methyl sites for hydroxylation is 1. The number of likely N-dealkylation sites (N-methyl/N-ethyl adjacent to an activating group) is 1. The molecule has 160 valence electrons. The van der Waals surface area contributed by atoms with Gasteiger partial charge < -0.3 is 14.5 Å². The van der Waals surface area contributed by atoms with Crippen LogP contribution in [-0.4, -0.2) is 73.4 Å². The topological polar surface area (TPSA) is 53.1 Å². The fraction of sp³-hybridized carbons (Fsp3) is 0.417. The monoisotopic (exact) mass is 409 g/mol. The van der Waals surface area contributed by atoms with Crippen molar-refractivity contribution in [3.05, 3.63) is 65.2 Å². The van der Waals surface area contributed by atoms with Crippen molar-refractivity contribution in [3.8, 4) is 5.75 Å². The number of para-hydroxylation sites is 1. The molecule has 2 aromatic carbocycles. The largest absolute Gasteiger partial charge is 0.496 e. The first-order valence-electron chi connectivity index (χ1n) is 10.4. The number of amides is 2. The normalized spacial score (nSPS) is 14.4. The SMILES string of the molecule is COc1ccccc1CC(=O)N(C)CC(=O)N1CCN(Cc2cccc(C)c2)CC1. The number of hydrogen-bond donors (Lipinski definition) is 0. The van der Waals surface area contributed by atoms with Crippen LogP contribution in [0.25, 0.3) is 0 Å². The van der Waals surface area contributed by atoms with Crippen molar-refractivity contribution in [2.45, 2.75) is 19.9 Å². The molecule has 0 aliphatic carbocycles. The van der Waals surface area contributed by atoms with E-state index in [1.54, 1.807) is 14.2 Å². The van der Waals surface area contributed by atoms with Crippen molar-refractivity contribution in [1.29, 1.82) is 0 Å². The number of piperazine rings is 1. The molecular formula is C24H31N3O3. The summed E-state index contributed by atoms with van der Waals surface area (Å²) in [5.74, 6) is 0.599. The van der Waals surface area contributed by atoms with Crippen LogP contribution in [-0.2, 0) is 22.6 Å². The van der Waals surface area contributed by atoms with Gasteiger partial charge in [0.2, 0.25) is 11.8 Å². The number of rotatable bonds is 7. The minimum absolute atomic E-state index is 0.00100. The third kappa shape index (κ3) is 5.83. The Morgan fingerprint density at radius 2 is 1.77 bits per heavy atom. The van der Waals surface area contributed by atoms with Crippen LogP contribution in [0.3, 0.4) is 0 Å². The van der Waals surface area contributed by atoms with Gasteiger partial charge in [-0.15, -0.1) is 0 Å². The molecule has 1 heterocycles. The summed E-state index contributed by atoms with van der Waals surface area (Å²) in [5, 5.41) is 0. The lowest BCUT2D eigenvalue weighted by Crippen LogP contribution is -2.51. The van der Waals surface area contributed by atoms with Crippen LogP contribution >= 0.6 is 0 Å². The van der Waals surface area contributed by atoms with Gasteiger partial charge in [-0.2, -0.15) is 0 Å². The van der Waals surface area contributed by atoms with Gasteiger partial charge in [0.05, 0.1) is 20.1 Å². The minimum atomic E-state index is -0.0917. The van der Waals surface area contributed by atoms with Gasteiger partial charge in [-0.1, -0.05) is 48.0 Å². The van der Waals surface area contributed by atoms with Crippen molar-refractivity contribution in [2.24, 2.45) is 0 Å². The first kappa shape index (κ1) is 21.8. The van der Waals surface area contributed by atoms with Crippen LogP contribution < -0.4 is 4.74 Å². The lowest BCUT2D eigenvalue weighted by Gasteiger charge is -2.35. The van der Waals surface area contributed by atoms with Crippen molar-refractivity contribution < 1.29 is 14.3 Å². The van der Waals surface area contributed by atoms with E-state index in [1.807, 2.05) is 29.2 Å². The third-order valence-electron chi connectivity index (χ3n) is 5.55. The fourth-order valence-electron chi connectivity index (χ4n) is 3.76. The second-order valence-corrected chi connectivity index (χ2v) is 7.88. The molecule has 1 aliphatic heterocycles. The predicted octanol–water partition coefficient (Wildman–Crippen LogP) is 2.35. The molecule has 0 bridgehead atoms. The number of benzene rings is 2. The Kier molecular flexibility index (Phi) is 7.46. The standard InChI is InChI=1S/C24H31N3O3/c1-19-7-6-8-20(15-19)17-26-11-13-27(14-12-26)24(29)18-25(2)23(28)16-21-9-4-5-10-22(21)30-3/h4-10,15H,11-14,16-18H2,1-3H3. The highest BCUT2D eigenvalue weighted by atomic mass is 16.5. The van der Waals surface area contributed by atoms with Gasteiger partial charge in [0.25, 0.3) is 0 Å². The van der Waals surface area contributed by atoms with E-state index in [9.17, 15) is 9.59 Å². The fourth-order valence-corrected chi connectivity index (χ4v) is 3.76. The Bertz CT molecular complexity index is 876. The van der Waals surface area contributed by atoms with Gasteiger partial charge in [0.1, 0.15) is 5.75 Å². The first-order valence-corrected chi connectivity index (χ1v) is 10.4. The Morgan fingerprint density at radius 1 is 1.03 bits per heavy atom.